The van der Waals surface area contributed by atoms with Gasteiger partial charge in [0.1, 0.15) is 0 Å². The quantitative estimate of drug-likeness (QED) is 0.0340. The molecule has 0 radical (unpaired) electrons. The number of rotatable bonds is 41. The smallest absolute Gasteiger partial charge is 0.373 e. The minimum absolute atomic E-state index is 0.761. The molecule has 0 rings (SSSR count). The summed E-state index contributed by atoms with van der Waals surface area (Å²) in [4.78, 5) is 0. The minimum Gasteiger partial charge on any atom is -0.373 e. The number of hydrogen-bond acceptors (Lipinski definition) is 10. The van der Waals surface area contributed by atoms with Crippen LogP contribution in [0.15, 0.2) is 0 Å². The van der Waals surface area contributed by atoms with Gasteiger partial charge in [-0.2, -0.15) is 0 Å². The van der Waals surface area contributed by atoms with Crippen LogP contribution in [0.4, 0.5) is 0 Å². The Bertz CT molecular complexity index is 531. The Morgan fingerprint density at radius 2 is 0.542 bits per heavy atom. The maximum atomic E-state index is 6.54. The van der Waals surface area contributed by atoms with Crippen LogP contribution in [0.2, 0.25) is 12.1 Å². The summed E-state index contributed by atoms with van der Waals surface area (Å²) in [5.74, 6) is 2.17. The molecule has 0 aromatic heterocycles. The third-order valence-corrected chi connectivity index (χ3v) is 20.4. The summed E-state index contributed by atoms with van der Waals surface area (Å²) >= 11 is 0. The van der Waals surface area contributed by atoms with Crippen LogP contribution in [0.1, 0.15) is 170 Å². The van der Waals surface area contributed by atoms with Gasteiger partial charge in [0.25, 0.3) is 0 Å². The fraction of sp³-hybridized carbons (Fsp3) is 1.00. The molecule has 0 N–H and O–H groups in total. The summed E-state index contributed by atoms with van der Waals surface area (Å²) < 4.78 is 39.3. The highest BCUT2D eigenvalue weighted by Crippen LogP contribution is 2.44. The van der Waals surface area contributed by atoms with Crippen LogP contribution in [0.5, 0.6) is 0 Å². The molecule has 290 valence electrons. The third kappa shape index (κ3) is 30.1. The van der Waals surface area contributed by atoms with Crippen molar-refractivity contribution in [3.63, 3.8) is 0 Å². The van der Waals surface area contributed by atoms with Crippen LogP contribution in [-0.4, -0.2) is 68.8 Å². The molecule has 0 spiro atoms. The highest BCUT2D eigenvalue weighted by Gasteiger charge is 2.41. The van der Waals surface area contributed by atoms with Crippen molar-refractivity contribution in [3.8, 4) is 0 Å². The van der Waals surface area contributed by atoms with Crippen molar-refractivity contribution in [2.45, 2.75) is 182 Å². The van der Waals surface area contributed by atoms with Crippen molar-refractivity contribution in [2.24, 2.45) is 0 Å². The van der Waals surface area contributed by atoms with E-state index in [0.29, 0.717) is 0 Å². The molecule has 0 aliphatic rings. The van der Waals surface area contributed by atoms with E-state index in [0.717, 1.165) is 115 Å². The Kier molecular flexibility index (Phi) is 39.6. The van der Waals surface area contributed by atoms with Crippen molar-refractivity contribution in [1.82, 2.24) is 0 Å². The zero-order chi connectivity index (χ0) is 35.3. The summed E-state index contributed by atoms with van der Waals surface area (Å²) in [7, 11) is 2.38. The zero-order valence-electron chi connectivity index (χ0n) is 32.3. The predicted molar refractivity (Wildman–Crippen MR) is 223 cm³/mol. The molecule has 0 atom stereocenters. The molecule has 0 aliphatic carbocycles. The molecule has 0 fully saturated rings. The van der Waals surface area contributed by atoms with Gasteiger partial charge in [-0.3, -0.25) is 0 Å². The molecule has 6 nitrogen and oxygen atoms in total. The van der Waals surface area contributed by atoms with Gasteiger partial charge in [-0.1, -0.05) is 140 Å². The first-order valence-electron chi connectivity index (χ1n) is 20.0. The maximum Gasteiger partial charge on any atom is 0.500 e. The lowest BCUT2D eigenvalue weighted by molar-refractivity contribution is 0.0547. The average Bonchev–Trinajstić information content (AvgIpc) is 3.10. The molecular weight excluding hydrogens is 713 g/mol. The largest absolute Gasteiger partial charge is 0.500 e. The van der Waals surface area contributed by atoms with E-state index in [-0.39, 0.29) is 0 Å². The minimum atomic E-state index is -2.66. The molecule has 0 aliphatic heterocycles. The molecule has 0 saturated carbocycles. The first-order valence-corrected chi connectivity index (χ1v) is 29.0. The van der Waals surface area contributed by atoms with Gasteiger partial charge in [0.2, 0.25) is 0 Å². The average molecular weight is 791 g/mol. The van der Waals surface area contributed by atoms with Gasteiger partial charge in [-0.05, 0) is 71.0 Å². The summed E-state index contributed by atoms with van der Waals surface area (Å²) in [6, 6.07) is 1.84. The van der Waals surface area contributed by atoms with E-state index in [1.807, 2.05) is 41.2 Å². The topological polar surface area (TPSA) is 55.4 Å². The fourth-order valence-electron chi connectivity index (χ4n) is 4.96. The second-order valence-electron chi connectivity index (χ2n) is 12.7. The Morgan fingerprint density at radius 3 is 0.750 bits per heavy atom. The lowest BCUT2D eigenvalue weighted by Crippen LogP contribution is -2.46. The molecule has 0 unspecified atom stereocenters. The van der Waals surface area contributed by atoms with Crippen LogP contribution in [0.25, 0.3) is 0 Å². The highest BCUT2D eigenvalue weighted by atomic mass is 33.7. The van der Waals surface area contributed by atoms with Crippen LogP contribution >= 0.6 is 41.2 Å². The second kappa shape index (κ2) is 38.3. The molecular formula is C36H78O6S4Si2. The zero-order valence-corrected chi connectivity index (χ0v) is 37.6. The van der Waals surface area contributed by atoms with Crippen molar-refractivity contribution in [3.05, 3.63) is 0 Å². The molecule has 0 saturated heterocycles. The van der Waals surface area contributed by atoms with Gasteiger partial charge in [0.15, 0.2) is 0 Å². The molecule has 0 aromatic carbocycles. The first kappa shape index (κ1) is 49.6. The van der Waals surface area contributed by atoms with E-state index in [1.54, 1.807) is 0 Å². The fourth-order valence-corrected chi connectivity index (χ4v) is 16.9. The van der Waals surface area contributed by atoms with Crippen molar-refractivity contribution in [2.75, 3.05) is 51.1 Å². The Hall–Kier alpha value is 1.59. The summed E-state index contributed by atoms with van der Waals surface area (Å²) in [6.45, 7) is 18.0. The summed E-state index contributed by atoms with van der Waals surface area (Å²) in [6.07, 6.45) is 23.1. The van der Waals surface area contributed by atoms with Gasteiger partial charge in [-0.25, -0.2) is 0 Å². The second-order valence-corrected chi connectivity index (χ2v) is 24.4. The van der Waals surface area contributed by atoms with E-state index < -0.39 is 17.6 Å². The maximum absolute atomic E-state index is 6.54. The van der Waals surface area contributed by atoms with Crippen molar-refractivity contribution >= 4 is 58.8 Å². The van der Waals surface area contributed by atoms with Gasteiger partial charge in [-0.15, -0.1) is 0 Å². The Balaban J connectivity index is 4.80. The normalized spacial score (nSPS) is 12.4. The van der Waals surface area contributed by atoms with E-state index in [9.17, 15) is 0 Å². The van der Waals surface area contributed by atoms with Gasteiger partial charge >= 0.3 is 17.6 Å². The van der Waals surface area contributed by atoms with Crippen LogP contribution in [0.3, 0.4) is 0 Å². The Morgan fingerprint density at radius 1 is 0.312 bits per heavy atom. The lowest BCUT2D eigenvalue weighted by atomic mass is 10.3. The summed E-state index contributed by atoms with van der Waals surface area (Å²) in [5.41, 5.74) is 0. The van der Waals surface area contributed by atoms with Crippen molar-refractivity contribution in [1.29, 1.82) is 0 Å². The van der Waals surface area contributed by atoms with Crippen LogP contribution < -0.4 is 0 Å². The van der Waals surface area contributed by atoms with Crippen LogP contribution in [-0.2, 0) is 26.6 Å². The molecule has 0 aromatic rings. The number of hydrogen-bond donors (Lipinski definition) is 0. The first-order chi connectivity index (χ1) is 23.6. The molecule has 0 heterocycles. The monoisotopic (exact) mass is 790 g/mol. The highest BCUT2D eigenvalue weighted by molar-refractivity contribution is 9.26. The molecule has 0 amide bonds. The lowest BCUT2D eigenvalue weighted by Gasteiger charge is -2.30. The van der Waals surface area contributed by atoms with Gasteiger partial charge in [0, 0.05) is 63.2 Å². The molecule has 0 bridgehead atoms. The number of unbranched alkanes of at least 4 members (excludes halogenated alkanes) is 12. The predicted octanol–water partition coefficient (Wildman–Crippen LogP) is 13.6. The third-order valence-electron chi connectivity index (χ3n) is 7.96. The van der Waals surface area contributed by atoms with Gasteiger partial charge < -0.3 is 26.6 Å². The van der Waals surface area contributed by atoms with Gasteiger partial charge in [0.05, 0.1) is 0 Å². The molecule has 48 heavy (non-hydrogen) atoms. The van der Waals surface area contributed by atoms with Crippen LogP contribution in [0, 0.1) is 0 Å². The van der Waals surface area contributed by atoms with E-state index in [2.05, 4.69) is 41.5 Å². The van der Waals surface area contributed by atoms with E-state index in [1.165, 1.54) is 77.0 Å². The summed E-state index contributed by atoms with van der Waals surface area (Å²) in [5, 5.41) is 0. The van der Waals surface area contributed by atoms with E-state index in [4.69, 9.17) is 26.6 Å². The van der Waals surface area contributed by atoms with E-state index >= 15 is 0 Å². The van der Waals surface area contributed by atoms with Crippen molar-refractivity contribution < 1.29 is 26.6 Å². The standard InChI is InChI=1S/C36H78O6S4Si2/c1-7-13-19-27-37-47(38-28-20-14-8-2,39-29-21-15-9-3)35-25-33-43-45-46-44-34-26-36-48(40-30-22-16-10-4,41-31-23-17-11-5)42-32-24-18-12-6/h7-36H2,1-6H3. The molecule has 12 heteroatoms. The SMILES string of the molecule is CCCCCO[Si](CCCSSSSCCC[Si](OCCCCC)(OCCCCC)OCCCCC)(OCCCCC)OCCCCC. The Labute approximate surface area is 316 Å².